The van der Waals surface area contributed by atoms with E-state index in [1.165, 1.54) is 36.8 Å². The van der Waals surface area contributed by atoms with E-state index in [-0.39, 0.29) is 0 Å². The Labute approximate surface area is 105 Å². The largest absolute Gasteiger partial charge is 0.330 e. The number of benzene rings is 1. The van der Waals surface area contributed by atoms with E-state index in [1.807, 2.05) is 0 Å². The van der Waals surface area contributed by atoms with Crippen molar-refractivity contribution < 1.29 is 0 Å². The lowest BCUT2D eigenvalue weighted by Gasteiger charge is -2.42. The standard InChI is InChI=1S/C16H25N/c1-13(2)12-14-4-6-15(7-5-14)16(10-11-17)8-3-9-16/h4-7,13H,3,8-12,17H2,1-2H3. The maximum atomic E-state index is 5.76. The van der Waals surface area contributed by atoms with Crippen LogP contribution in [0.15, 0.2) is 24.3 Å². The monoisotopic (exact) mass is 231 g/mol. The summed E-state index contributed by atoms with van der Waals surface area (Å²) in [6.07, 6.45) is 6.36. The molecule has 0 saturated heterocycles. The van der Waals surface area contributed by atoms with Crippen molar-refractivity contribution in [3.63, 3.8) is 0 Å². The van der Waals surface area contributed by atoms with Gasteiger partial charge in [-0.05, 0) is 54.7 Å². The van der Waals surface area contributed by atoms with Crippen molar-refractivity contribution in [2.75, 3.05) is 6.54 Å². The second kappa shape index (κ2) is 5.22. The third-order valence-corrected chi connectivity index (χ3v) is 4.14. The molecule has 2 rings (SSSR count). The zero-order valence-corrected chi connectivity index (χ0v) is 11.2. The highest BCUT2D eigenvalue weighted by molar-refractivity contribution is 5.31. The molecule has 1 heteroatoms. The second-order valence-corrected chi connectivity index (χ2v) is 5.97. The average molecular weight is 231 g/mol. The Morgan fingerprint density at radius 3 is 2.24 bits per heavy atom. The third-order valence-electron chi connectivity index (χ3n) is 4.14. The van der Waals surface area contributed by atoms with Crippen LogP contribution in [0, 0.1) is 5.92 Å². The van der Waals surface area contributed by atoms with Crippen LogP contribution < -0.4 is 5.73 Å². The molecule has 1 aromatic rings. The SMILES string of the molecule is CC(C)Cc1ccc(C2(CCN)CCC2)cc1. The highest BCUT2D eigenvalue weighted by Crippen LogP contribution is 2.46. The van der Waals surface area contributed by atoms with Crippen LogP contribution in [0.3, 0.4) is 0 Å². The Kier molecular flexibility index (Phi) is 3.88. The second-order valence-electron chi connectivity index (χ2n) is 5.97. The third kappa shape index (κ3) is 2.71. The minimum absolute atomic E-state index is 0.422. The van der Waals surface area contributed by atoms with Gasteiger partial charge in [-0.2, -0.15) is 0 Å². The molecule has 0 unspecified atom stereocenters. The quantitative estimate of drug-likeness (QED) is 0.822. The predicted molar refractivity (Wildman–Crippen MR) is 74.2 cm³/mol. The molecule has 0 radical (unpaired) electrons. The lowest BCUT2D eigenvalue weighted by Crippen LogP contribution is -2.36. The summed E-state index contributed by atoms with van der Waals surface area (Å²) in [7, 11) is 0. The smallest absolute Gasteiger partial charge is 0.00350 e. The van der Waals surface area contributed by atoms with Crippen LogP contribution in [0.25, 0.3) is 0 Å². The molecule has 1 saturated carbocycles. The van der Waals surface area contributed by atoms with Crippen molar-refractivity contribution >= 4 is 0 Å². The molecule has 0 heterocycles. The molecule has 0 aliphatic heterocycles. The van der Waals surface area contributed by atoms with Crippen LogP contribution in [0.5, 0.6) is 0 Å². The lowest BCUT2D eigenvalue weighted by molar-refractivity contribution is 0.229. The molecule has 0 aromatic heterocycles. The molecular weight excluding hydrogens is 206 g/mol. The normalized spacial score (nSPS) is 18.1. The van der Waals surface area contributed by atoms with E-state index in [2.05, 4.69) is 38.1 Å². The maximum absolute atomic E-state index is 5.76. The van der Waals surface area contributed by atoms with Crippen LogP contribution in [0.1, 0.15) is 50.7 Å². The summed E-state index contributed by atoms with van der Waals surface area (Å²) in [5.74, 6) is 0.738. The molecule has 1 aliphatic rings. The van der Waals surface area contributed by atoms with Gasteiger partial charge in [-0.1, -0.05) is 44.5 Å². The van der Waals surface area contributed by atoms with Gasteiger partial charge in [0.25, 0.3) is 0 Å². The van der Waals surface area contributed by atoms with Gasteiger partial charge in [-0.25, -0.2) is 0 Å². The summed E-state index contributed by atoms with van der Waals surface area (Å²) < 4.78 is 0. The van der Waals surface area contributed by atoms with Gasteiger partial charge in [0.1, 0.15) is 0 Å². The van der Waals surface area contributed by atoms with E-state index in [0.717, 1.165) is 18.9 Å². The van der Waals surface area contributed by atoms with Crippen molar-refractivity contribution in [3.8, 4) is 0 Å². The van der Waals surface area contributed by atoms with Gasteiger partial charge in [-0.15, -0.1) is 0 Å². The summed E-state index contributed by atoms with van der Waals surface area (Å²) >= 11 is 0. The Morgan fingerprint density at radius 2 is 1.82 bits per heavy atom. The van der Waals surface area contributed by atoms with Crippen molar-refractivity contribution in [2.24, 2.45) is 11.7 Å². The van der Waals surface area contributed by atoms with Crippen LogP contribution in [-0.2, 0) is 11.8 Å². The van der Waals surface area contributed by atoms with Crippen LogP contribution in [0.2, 0.25) is 0 Å². The van der Waals surface area contributed by atoms with Crippen LogP contribution in [-0.4, -0.2) is 6.54 Å². The van der Waals surface area contributed by atoms with Crippen LogP contribution in [0.4, 0.5) is 0 Å². The van der Waals surface area contributed by atoms with E-state index in [4.69, 9.17) is 5.73 Å². The average Bonchev–Trinajstić information content (AvgIpc) is 2.24. The molecule has 94 valence electrons. The molecule has 1 aliphatic carbocycles. The molecule has 1 fully saturated rings. The van der Waals surface area contributed by atoms with E-state index in [0.29, 0.717) is 5.41 Å². The first-order valence-electron chi connectivity index (χ1n) is 6.96. The van der Waals surface area contributed by atoms with Crippen molar-refractivity contribution in [1.82, 2.24) is 0 Å². The highest BCUT2D eigenvalue weighted by Gasteiger charge is 2.37. The Hall–Kier alpha value is -0.820. The molecule has 17 heavy (non-hydrogen) atoms. The lowest BCUT2D eigenvalue weighted by atomic mass is 9.62. The molecular formula is C16H25N. The fourth-order valence-electron chi connectivity index (χ4n) is 3.03. The fourth-order valence-corrected chi connectivity index (χ4v) is 3.03. The minimum Gasteiger partial charge on any atom is -0.330 e. The van der Waals surface area contributed by atoms with E-state index in [1.54, 1.807) is 0 Å². The molecule has 0 amide bonds. The fraction of sp³-hybridized carbons (Fsp3) is 0.625. The Bertz CT molecular complexity index is 346. The minimum atomic E-state index is 0.422. The van der Waals surface area contributed by atoms with Crippen LogP contribution >= 0.6 is 0 Å². The molecule has 0 atom stereocenters. The highest BCUT2D eigenvalue weighted by atomic mass is 14.6. The molecule has 0 spiro atoms. The first-order chi connectivity index (χ1) is 8.16. The van der Waals surface area contributed by atoms with Gasteiger partial charge in [0.15, 0.2) is 0 Å². The zero-order valence-electron chi connectivity index (χ0n) is 11.2. The Balaban J connectivity index is 2.11. The topological polar surface area (TPSA) is 26.0 Å². The predicted octanol–water partition coefficient (Wildman–Crippen LogP) is 3.66. The number of hydrogen-bond donors (Lipinski definition) is 1. The van der Waals surface area contributed by atoms with Gasteiger partial charge in [0.05, 0.1) is 0 Å². The van der Waals surface area contributed by atoms with Gasteiger partial charge in [-0.3, -0.25) is 0 Å². The number of nitrogens with two attached hydrogens (primary N) is 1. The summed E-state index contributed by atoms with van der Waals surface area (Å²) in [5.41, 5.74) is 9.16. The maximum Gasteiger partial charge on any atom is -0.00350 e. The van der Waals surface area contributed by atoms with Crippen molar-refractivity contribution in [2.45, 2.75) is 51.4 Å². The summed E-state index contributed by atoms with van der Waals surface area (Å²) in [6.45, 7) is 5.36. The van der Waals surface area contributed by atoms with E-state index in [9.17, 15) is 0 Å². The van der Waals surface area contributed by atoms with Gasteiger partial charge in [0, 0.05) is 0 Å². The summed E-state index contributed by atoms with van der Waals surface area (Å²) in [5, 5.41) is 0. The molecule has 0 bridgehead atoms. The summed E-state index contributed by atoms with van der Waals surface area (Å²) in [4.78, 5) is 0. The van der Waals surface area contributed by atoms with Crippen molar-refractivity contribution in [1.29, 1.82) is 0 Å². The van der Waals surface area contributed by atoms with Crippen molar-refractivity contribution in [3.05, 3.63) is 35.4 Å². The number of hydrogen-bond acceptors (Lipinski definition) is 1. The van der Waals surface area contributed by atoms with Gasteiger partial charge in [0.2, 0.25) is 0 Å². The number of rotatable bonds is 5. The Morgan fingerprint density at radius 1 is 1.18 bits per heavy atom. The first kappa shape index (κ1) is 12.6. The molecule has 2 N–H and O–H groups in total. The molecule has 1 aromatic carbocycles. The van der Waals surface area contributed by atoms with Gasteiger partial charge >= 0.3 is 0 Å². The zero-order chi connectivity index (χ0) is 12.3. The summed E-state index contributed by atoms with van der Waals surface area (Å²) in [6, 6.07) is 9.30. The molecule has 1 nitrogen and oxygen atoms in total. The van der Waals surface area contributed by atoms with Gasteiger partial charge < -0.3 is 5.73 Å². The van der Waals surface area contributed by atoms with E-state index < -0.39 is 0 Å². The van der Waals surface area contributed by atoms with E-state index >= 15 is 0 Å². The first-order valence-corrected chi connectivity index (χ1v) is 6.96.